The van der Waals surface area contributed by atoms with E-state index in [1.807, 2.05) is 0 Å². The molecular formula is C14H8ClF6NO. The summed E-state index contributed by atoms with van der Waals surface area (Å²) in [6, 6.07) is 4.87. The molecule has 0 aliphatic heterocycles. The molecule has 0 heterocycles. The van der Waals surface area contributed by atoms with Crippen LogP contribution in [0, 0.1) is 0 Å². The number of rotatable bonds is 2. The monoisotopic (exact) mass is 355 g/mol. The fourth-order valence-corrected chi connectivity index (χ4v) is 1.96. The third-order valence-electron chi connectivity index (χ3n) is 2.79. The molecule has 2 rings (SSSR count). The average molecular weight is 356 g/mol. The normalized spacial score (nSPS) is 12.3. The van der Waals surface area contributed by atoms with Crippen LogP contribution < -0.4 is 10.5 Å². The molecule has 0 amide bonds. The van der Waals surface area contributed by atoms with Crippen molar-refractivity contribution >= 4 is 17.3 Å². The van der Waals surface area contributed by atoms with Crippen molar-refractivity contribution in [2.45, 2.75) is 12.4 Å². The van der Waals surface area contributed by atoms with Crippen molar-refractivity contribution in [2.75, 3.05) is 5.73 Å². The van der Waals surface area contributed by atoms with Crippen LogP contribution in [0.2, 0.25) is 5.02 Å². The second kappa shape index (κ2) is 5.84. The Balaban J connectivity index is 2.41. The Bertz CT molecular complexity index is 726. The summed E-state index contributed by atoms with van der Waals surface area (Å²) >= 11 is 5.65. The van der Waals surface area contributed by atoms with Crippen molar-refractivity contribution in [1.82, 2.24) is 0 Å². The largest absolute Gasteiger partial charge is 0.455 e. The van der Waals surface area contributed by atoms with Gasteiger partial charge in [-0.1, -0.05) is 11.6 Å². The first kappa shape index (κ1) is 17.3. The molecule has 0 atom stereocenters. The first-order valence-electron chi connectivity index (χ1n) is 6.00. The lowest BCUT2D eigenvalue weighted by Gasteiger charge is -2.15. The van der Waals surface area contributed by atoms with Gasteiger partial charge >= 0.3 is 12.4 Å². The molecule has 9 heteroatoms. The highest BCUT2D eigenvalue weighted by Gasteiger charge is 2.35. The maximum absolute atomic E-state index is 12.9. The number of alkyl halides is 6. The van der Waals surface area contributed by atoms with Gasteiger partial charge in [0, 0.05) is 5.69 Å². The Hall–Kier alpha value is -2.09. The zero-order chi connectivity index (χ0) is 17.4. The summed E-state index contributed by atoms with van der Waals surface area (Å²) in [7, 11) is 0. The lowest BCUT2D eigenvalue weighted by atomic mass is 10.1. The lowest BCUT2D eigenvalue weighted by molar-refractivity contribution is -0.138. The van der Waals surface area contributed by atoms with Crippen LogP contribution in [0.1, 0.15) is 11.1 Å². The predicted molar refractivity (Wildman–Crippen MR) is 72.4 cm³/mol. The standard InChI is InChI=1S/C14H8ClF6NO/c15-10-5-7(13(16,17)18)1-3-12(10)23-11-4-2-8(22)6-9(11)14(19,20)21/h1-6H,22H2. The summed E-state index contributed by atoms with van der Waals surface area (Å²) in [4.78, 5) is 0. The average Bonchev–Trinajstić information content (AvgIpc) is 2.40. The van der Waals surface area contributed by atoms with Crippen LogP contribution in [0.3, 0.4) is 0 Å². The fourth-order valence-electron chi connectivity index (χ4n) is 1.74. The van der Waals surface area contributed by atoms with Crippen LogP contribution >= 0.6 is 11.6 Å². The molecule has 0 radical (unpaired) electrons. The molecule has 0 aromatic heterocycles. The highest BCUT2D eigenvalue weighted by Crippen LogP contribution is 2.41. The maximum atomic E-state index is 12.9. The van der Waals surface area contributed by atoms with E-state index in [0.29, 0.717) is 18.2 Å². The van der Waals surface area contributed by atoms with Crippen LogP contribution in [-0.2, 0) is 12.4 Å². The second-order valence-electron chi connectivity index (χ2n) is 4.50. The lowest BCUT2D eigenvalue weighted by Crippen LogP contribution is -2.08. The third kappa shape index (κ3) is 4.01. The molecule has 0 aliphatic rings. The highest BCUT2D eigenvalue weighted by molar-refractivity contribution is 6.32. The van der Waals surface area contributed by atoms with E-state index < -0.39 is 34.3 Å². The van der Waals surface area contributed by atoms with Gasteiger partial charge in [0.25, 0.3) is 0 Å². The molecule has 0 saturated carbocycles. The van der Waals surface area contributed by atoms with Gasteiger partial charge in [0.2, 0.25) is 0 Å². The van der Waals surface area contributed by atoms with E-state index >= 15 is 0 Å². The molecule has 124 valence electrons. The van der Waals surface area contributed by atoms with Gasteiger partial charge in [0.1, 0.15) is 17.1 Å². The summed E-state index contributed by atoms with van der Waals surface area (Å²) in [6.45, 7) is 0. The highest BCUT2D eigenvalue weighted by atomic mass is 35.5. The number of nitrogens with two attached hydrogens (primary N) is 1. The minimum absolute atomic E-state index is 0.136. The van der Waals surface area contributed by atoms with E-state index in [9.17, 15) is 26.3 Å². The number of halogens is 7. The van der Waals surface area contributed by atoms with Crippen molar-refractivity contribution in [1.29, 1.82) is 0 Å². The van der Waals surface area contributed by atoms with Crippen molar-refractivity contribution in [2.24, 2.45) is 0 Å². The molecule has 2 nitrogen and oxygen atoms in total. The number of hydrogen-bond donors (Lipinski definition) is 1. The SMILES string of the molecule is Nc1ccc(Oc2ccc(C(F)(F)F)cc2Cl)c(C(F)(F)F)c1. The van der Waals surface area contributed by atoms with E-state index in [0.717, 1.165) is 12.1 Å². The van der Waals surface area contributed by atoms with Gasteiger partial charge in [0.05, 0.1) is 10.6 Å². The van der Waals surface area contributed by atoms with Gasteiger partial charge in [-0.3, -0.25) is 0 Å². The topological polar surface area (TPSA) is 35.2 Å². The van der Waals surface area contributed by atoms with Gasteiger partial charge in [-0.15, -0.1) is 0 Å². The van der Waals surface area contributed by atoms with E-state index in [2.05, 4.69) is 0 Å². The Morgan fingerprint density at radius 1 is 0.826 bits per heavy atom. The molecule has 2 aromatic rings. The maximum Gasteiger partial charge on any atom is 0.420 e. The Kier molecular flexibility index (Phi) is 4.39. The van der Waals surface area contributed by atoms with Crippen LogP contribution in [0.4, 0.5) is 32.0 Å². The van der Waals surface area contributed by atoms with Gasteiger partial charge in [-0.2, -0.15) is 26.3 Å². The Labute approximate surface area is 131 Å². The van der Waals surface area contributed by atoms with Gasteiger partial charge in [-0.25, -0.2) is 0 Å². The van der Waals surface area contributed by atoms with Crippen molar-refractivity contribution in [3.8, 4) is 11.5 Å². The number of anilines is 1. The molecule has 0 fully saturated rings. The quantitative estimate of drug-likeness (QED) is 0.549. The number of ether oxygens (including phenoxy) is 1. The second-order valence-corrected chi connectivity index (χ2v) is 4.91. The first-order valence-corrected chi connectivity index (χ1v) is 6.37. The van der Waals surface area contributed by atoms with Crippen molar-refractivity contribution in [3.05, 3.63) is 52.5 Å². The van der Waals surface area contributed by atoms with Crippen LogP contribution in [0.5, 0.6) is 11.5 Å². The van der Waals surface area contributed by atoms with Crippen LogP contribution in [-0.4, -0.2) is 0 Å². The Morgan fingerprint density at radius 2 is 1.43 bits per heavy atom. The van der Waals surface area contributed by atoms with Gasteiger partial charge < -0.3 is 10.5 Å². The zero-order valence-electron chi connectivity index (χ0n) is 11.1. The fraction of sp³-hybridized carbons (Fsp3) is 0.143. The summed E-state index contributed by atoms with van der Waals surface area (Å²) in [6.07, 6.45) is -9.37. The molecule has 0 unspecified atom stereocenters. The molecule has 2 aromatic carbocycles. The summed E-state index contributed by atoms with van der Waals surface area (Å²) in [5.41, 5.74) is 2.98. The smallest absolute Gasteiger partial charge is 0.420 e. The first-order chi connectivity index (χ1) is 10.5. The van der Waals surface area contributed by atoms with Gasteiger partial charge in [0.15, 0.2) is 0 Å². The molecule has 0 spiro atoms. The summed E-state index contributed by atoms with van der Waals surface area (Å²) < 4.78 is 81.4. The van der Waals surface area contributed by atoms with E-state index in [1.165, 1.54) is 6.07 Å². The van der Waals surface area contributed by atoms with E-state index in [1.54, 1.807) is 0 Å². The minimum atomic E-state index is -4.75. The molecule has 2 N–H and O–H groups in total. The van der Waals surface area contributed by atoms with E-state index in [4.69, 9.17) is 22.1 Å². The summed E-state index contributed by atoms with van der Waals surface area (Å²) in [5, 5.41) is -0.468. The zero-order valence-corrected chi connectivity index (χ0v) is 11.9. The molecular weight excluding hydrogens is 348 g/mol. The van der Waals surface area contributed by atoms with Crippen molar-refractivity contribution < 1.29 is 31.1 Å². The van der Waals surface area contributed by atoms with E-state index in [-0.39, 0.29) is 11.4 Å². The molecule has 23 heavy (non-hydrogen) atoms. The van der Waals surface area contributed by atoms with Crippen molar-refractivity contribution in [3.63, 3.8) is 0 Å². The number of benzene rings is 2. The third-order valence-corrected chi connectivity index (χ3v) is 3.08. The van der Waals surface area contributed by atoms with Crippen LogP contribution in [0.25, 0.3) is 0 Å². The molecule has 0 saturated heterocycles. The predicted octanol–water partition coefficient (Wildman–Crippen LogP) is 5.75. The molecule has 0 bridgehead atoms. The minimum Gasteiger partial charge on any atom is -0.455 e. The number of nitrogen functional groups attached to an aromatic ring is 1. The molecule has 0 aliphatic carbocycles. The Morgan fingerprint density at radius 3 is 1.96 bits per heavy atom. The van der Waals surface area contributed by atoms with Crippen LogP contribution in [0.15, 0.2) is 36.4 Å². The number of hydrogen-bond acceptors (Lipinski definition) is 2. The van der Waals surface area contributed by atoms with Gasteiger partial charge in [-0.05, 0) is 36.4 Å². The summed E-state index contributed by atoms with van der Waals surface area (Å²) in [5.74, 6) is -0.955.